The highest BCUT2D eigenvalue weighted by molar-refractivity contribution is 8.08. The molecule has 1 saturated heterocycles. The fraction of sp³-hybridized carbons (Fsp3) is 0.348. The summed E-state index contributed by atoms with van der Waals surface area (Å²) in [5.74, 6) is 1.30. The van der Waals surface area contributed by atoms with E-state index in [2.05, 4.69) is 16.5 Å². The van der Waals surface area contributed by atoms with Crippen molar-refractivity contribution in [2.24, 2.45) is 10.7 Å². The minimum absolute atomic E-state index is 0.598. The Morgan fingerprint density at radius 3 is 2.70 bits per heavy atom. The third kappa shape index (κ3) is 5.93. The van der Waals surface area contributed by atoms with Crippen LogP contribution in [0.5, 0.6) is 11.5 Å². The standard InChI is InChI=1S/C23H30N4O2S/c1-17(30-19-8-6-7-18(25)13-19)20-14-22(28-2)23(15-21(20)26-16-24)29-12-11-27-9-4-3-5-10-27/h6-8,13-16H,1,3-5,9-12,25H2,2H3,(H2,24,26). The second kappa shape index (κ2) is 10.9. The highest BCUT2D eigenvalue weighted by Gasteiger charge is 2.16. The molecule has 1 fully saturated rings. The fourth-order valence-corrected chi connectivity index (χ4v) is 4.37. The average molecular weight is 427 g/mol. The van der Waals surface area contributed by atoms with Crippen LogP contribution in [0.2, 0.25) is 0 Å². The monoisotopic (exact) mass is 426 g/mol. The first-order chi connectivity index (χ1) is 14.6. The number of hydrogen-bond donors (Lipinski definition) is 2. The first-order valence-corrected chi connectivity index (χ1v) is 11.0. The van der Waals surface area contributed by atoms with Gasteiger partial charge in [0.2, 0.25) is 0 Å². The van der Waals surface area contributed by atoms with Crippen LogP contribution >= 0.6 is 11.8 Å². The Hall–Kier alpha value is -2.64. The molecule has 0 radical (unpaired) electrons. The van der Waals surface area contributed by atoms with Crippen molar-refractivity contribution in [1.82, 2.24) is 4.90 Å². The van der Waals surface area contributed by atoms with Crippen molar-refractivity contribution in [3.8, 4) is 11.5 Å². The Morgan fingerprint density at radius 1 is 1.20 bits per heavy atom. The fourth-order valence-electron chi connectivity index (χ4n) is 3.47. The molecule has 2 aromatic rings. The molecule has 0 atom stereocenters. The van der Waals surface area contributed by atoms with Crippen LogP contribution in [-0.4, -0.2) is 44.6 Å². The summed E-state index contributed by atoms with van der Waals surface area (Å²) in [4.78, 5) is 8.59. The summed E-state index contributed by atoms with van der Waals surface area (Å²) >= 11 is 1.52. The SMILES string of the molecule is C=C(Sc1cccc(N)c1)c1cc(OC)c(OCCN2CCCCC2)cc1N=CN. The third-order valence-electron chi connectivity index (χ3n) is 5.01. The topological polar surface area (TPSA) is 86.1 Å². The van der Waals surface area contributed by atoms with E-state index in [1.807, 2.05) is 36.4 Å². The van der Waals surface area contributed by atoms with Crippen molar-refractivity contribution in [1.29, 1.82) is 0 Å². The highest BCUT2D eigenvalue weighted by Crippen LogP contribution is 2.43. The molecular formula is C23H30N4O2S. The van der Waals surface area contributed by atoms with Gasteiger partial charge in [-0.15, -0.1) is 0 Å². The summed E-state index contributed by atoms with van der Waals surface area (Å²) in [6.07, 6.45) is 5.13. The first-order valence-electron chi connectivity index (χ1n) is 10.1. The van der Waals surface area contributed by atoms with Crippen LogP contribution in [0.4, 0.5) is 11.4 Å². The Bertz CT molecular complexity index is 895. The Morgan fingerprint density at radius 2 is 2.00 bits per heavy atom. The molecule has 6 nitrogen and oxygen atoms in total. The lowest BCUT2D eigenvalue weighted by Crippen LogP contribution is -2.33. The Kier molecular flexibility index (Phi) is 8.04. The maximum absolute atomic E-state index is 6.05. The zero-order valence-electron chi connectivity index (χ0n) is 17.5. The van der Waals surface area contributed by atoms with Gasteiger partial charge in [-0.05, 0) is 50.2 Å². The number of nitrogen functional groups attached to an aromatic ring is 1. The number of nitrogens with two attached hydrogens (primary N) is 2. The van der Waals surface area contributed by atoms with E-state index >= 15 is 0 Å². The molecule has 7 heteroatoms. The van der Waals surface area contributed by atoms with Gasteiger partial charge in [-0.2, -0.15) is 0 Å². The van der Waals surface area contributed by atoms with Crippen LogP contribution in [0.25, 0.3) is 4.91 Å². The zero-order chi connectivity index (χ0) is 21.3. The molecule has 0 saturated carbocycles. The number of anilines is 1. The van der Waals surface area contributed by atoms with Crippen molar-refractivity contribution < 1.29 is 9.47 Å². The summed E-state index contributed by atoms with van der Waals surface area (Å²) in [6.45, 7) is 8.01. The molecule has 0 unspecified atom stereocenters. The summed E-state index contributed by atoms with van der Waals surface area (Å²) < 4.78 is 11.6. The second-order valence-corrected chi connectivity index (χ2v) is 8.32. The Balaban J connectivity index is 1.76. The number of piperidine rings is 1. The van der Waals surface area contributed by atoms with Crippen LogP contribution in [0.3, 0.4) is 0 Å². The van der Waals surface area contributed by atoms with E-state index in [0.717, 1.165) is 35.0 Å². The van der Waals surface area contributed by atoms with Gasteiger partial charge in [-0.1, -0.05) is 30.8 Å². The molecule has 30 heavy (non-hydrogen) atoms. The predicted octanol–water partition coefficient (Wildman–Crippen LogP) is 4.52. The number of nitrogens with zero attached hydrogens (tertiary/aromatic N) is 2. The van der Waals surface area contributed by atoms with Crippen LogP contribution in [0.1, 0.15) is 24.8 Å². The number of rotatable bonds is 9. The molecule has 0 aromatic heterocycles. The molecule has 1 heterocycles. The lowest BCUT2D eigenvalue weighted by molar-refractivity contribution is 0.180. The van der Waals surface area contributed by atoms with Crippen LogP contribution < -0.4 is 20.9 Å². The summed E-state index contributed by atoms with van der Waals surface area (Å²) in [7, 11) is 1.64. The van der Waals surface area contributed by atoms with Crippen LogP contribution in [0, 0.1) is 0 Å². The maximum atomic E-state index is 6.05. The normalized spacial score (nSPS) is 14.7. The quantitative estimate of drug-likeness (QED) is 0.265. The molecule has 0 bridgehead atoms. The molecule has 1 aliphatic heterocycles. The molecule has 3 rings (SSSR count). The number of hydrogen-bond acceptors (Lipinski definition) is 6. The minimum atomic E-state index is 0.598. The first kappa shape index (κ1) is 22.1. The number of thioether (sulfide) groups is 1. The molecule has 0 spiro atoms. The third-order valence-corrected chi connectivity index (χ3v) is 5.96. The van der Waals surface area contributed by atoms with E-state index in [1.165, 1.54) is 37.4 Å². The van der Waals surface area contributed by atoms with E-state index < -0.39 is 0 Å². The van der Waals surface area contributed by atoms with Gasteiger partial charge in [-0.3, -0.25) is 4.90 Å². The second-order valence-electron chi connectivity index (χ2n) is 7.15. The van der Waals surface area contributed by atoms with Gasteiger partial charge in [0.25, 0.3) is 0 Å². The largest absolute Gasteiger partial charge is 0.493 e. The Labute approximate surface area is 182 Å². The summed E-state index contributed by atoms with van der Waals surface area (Å²) in [6, 6.07) is 11.4. The van der Waals surface area contributed by atoms with E-state index in [-0.39, 0.29) is 0 Å². The average Bonchev–Trinajstić information content (AvgIpc) is 2.75. The number of aliphatic imine (C=N–C) groups is 1. The van der Waals surface area contributed by atoms with Gasteiger partial charge in [0, 0.05) is 33.7 Å². The van der Waals surface area contributed by atoms with Gasteiger partial charge < -0.3 is 20.9 Å². The zero-order valence-corrected chi connectivity index (χ0v) is 18.3. The highest BCUT2D eigenvalue weighted by atomic mass is 32.2. The van der Waals surface area contributed by atoms with Crippen molar-refractivity contribution in [2.75, 3.05) is 39.1 Å². The molecule has 4 N–H and O–H groups in total. The lowest BCUT2D eigenvalue weighted by Gasteiger charge is -2.26. The van der Waals surface area contributed by atoms with E-state index in [1.54, 1.807) is 7.11 Å². The van der Waals surface area contributed by atoms with Gasteiger partial charge in [-0.25, -0.2) is 4.99 Å². The molecule has 0 aliphatic carbocycles. The van der Waals surface area contributed by atoms with Crippen molar-refractivity contribution >= 4 is 34.4 Å². The van der Waals surface area contributed by atoms with Crippen LogP contribution in [-0.2, 0) is 0 Å². The summed E-state index contributed by atoms with van der Waals surface area (Å²) in [5.41, 5.74) is 13.7. The minimum Gasteiger partial charge on any atom is -0.493 e. The predicted molar refractivity (Wildman–Crippen MR) is 127 cm³/mol. The molecular weight excluding hydrogens is 396 g/mol. The summed E-state index contributed by atoms with van der Waals surface area (Å²) in [5, 5.41) is 0. The van der Waals surface area contributed by atoms with Gasteiger partial charge in [0.05, 0.1) is 19.1 Å². The van der Waals surface area contributed by atoms with Crippen molar-refractivity contribution in [3.63, 3.8) is 0 Å². The molecule has 1 aliphatic rings. The molecule has 160 valence electrons. The number of benzene rings is 2. The maximum Gasteiger partial charge on any atom is 0.163 e. The van der Waals surface area contributed by atoms with Gasteiger partial charge in [0.15, 0.2) is 11.5 Å². The van der Waals surface area contributed by atoms with E-state index in [0.29, 0.717) is 29.5 Å². The van der Waals surface area contributed by atoms with Crippen LogP contribution in [0.15, 0.2) is 52.9 Å². The molecule has 2 aromatic carbocycles. The number of ether oxygens (including phenoxy) is 2. The number of methoxy groups -OCH3 is 1. The van der Waals surface area contributed by atoms with Gasteiger partial charge >= 0.3 is 0 Å². The van der Waals surface area contributed by atoms with Crippen molar-refractivity contribution in [2.45, 2.75) is 24.2 Å². The van der Waals surface area contributed by atoms with E-state index in [9.17, 15) is 0 Å². The van der Waals surface area contributed by atoms with Crippen molar-refractivity contribution in [3.05, 3.63) is 48.5 Å². The van der Waals surface area contributed by atoms with Gasteiger partial charge in [0.1, 0.15) is 6.61 Å². The van der Waals surface area contributed by atoms with E-state index in [4.69, 9.17) is 20.9 Å². The lowest BCUT2D eigenvalue weighted by atomic mass is 10.1. The number of likely N-dealkylation sites (tertiary alicyclic amines) is 1. The smallest absolute Gasteiger partial charge is 0.163 e. The molecule has 0 amide bonds.